The Balaban J connectivity index is 2.56. The lowest BCUT2D eigenvalue weighted by Gasteiger charge is -2.26. The zero-order chi connectivity index (χ0) is 10.6. The minimum atomic E-state index is -0.347. The predicted molar refractivity (Wildman–Crippen MR) is 56.9 cm³/mol. The minimum Gasteiger partial charge on any atom is -0.455 e. The number of rotatable bonds is 4. The molecule has 1 aliphatic carbocycles. The molecule has 0 spiro atoms. The first-order chi connectivity index (χ1) is 6.63. The van der Waals surface area contributed by atoms with E-state index in [1.807, 2.05) is 13.8 Å². The van der Waals surface area contributed by atoms with E-state index in [2.05, 4.69) is 6.58 Å². The quantitative estimate of drug-likeness (QED) is 0.510. The van der Waals surface area contributed by atoms with Crippen LogP contribution in [0.2, 0.25) is 0 Å². The zero-order valence-electron chi connectivity index (χ0n) is 9.21. The number of hydrogen-bond donors (Lipinski definition) is 0. The second-order valence-electron chi connectivity index (χ2n) is 4.21. The molecule has 80 valence electrons. The average Bonchev–Trinajstić information content (AvgIpc) is 2.65. The summed E-state index contributed by atoms with van der Waals surface area (Å²) in [6.45, 7) is 7.69. The molecule has 1 atom stereocenters. The fourth-order valence-corrected chi connectivity index (χ4v) is 1.79. The first-order valence-corrected chi connectivity index (χ1v) is 5.50. The van der Waals surface area contributed by atoms with E-state index in [1.54, 1.807) is 6.08 Å². The molecule has 0 radical (unpaired) electrons. The molecule has 0 heterocycles. The van der Waals surface area contributed by atoms with Gasteiger partial charge in [0.1, 0.15) is 5.60 Å². The van der Waals surface area contributed by atoms with Crippen molar-refractivity contribution in [2.45, 2.75) is 51.6 Å². The lowest BCUT2D eigenvalue weighted by atomic mass is 10.0. The molecule has 0 saturated heterocycles. The van der Waals surface area contributed by atoms with Crippen LogP contribution in [0.4, 0.5) is 0 Å². The highest BCUT2D eigenvalue weighted by Crippen LogP contribution is 2.34. The molecule has 0 aromatic rings. The second-order valence-corrected chi connectivity index (χ2v) is 4.21. The first kappa shape index (κ1) is 11.3. The van der Waals surface area contributed by atoms with Crippen LogP contribution >= 0.6 is 0 Å². The van der Waals surface area contributed by atoms with Crippen molar-refractivity contribution in [2.24, 2.45) is 5.92 Å². The second kappa shape index (κ2) is 4.63. The Kier molecular flexibility index (Phi) is 3.73. The zero-order valence-corrected chi connectivity index (χ0v) is 9.21. The Hall–Kier alpha value is -0.790. The van der Waals surface area contributed by atoms with Gasteiger partial charge in [-0.05, 0) is 38.2 Å². The molecule has 0 N–H and O–H groups in total. The Morgan fingerprint density at radius 3 is 2.57 bits per heavy atom. The van der Waals surface area contributed by atoms with Gasteiger partial charge in [-0.25, -0.2) is 0 Å². The van der Waals surface area contributed by atoms with E-state index in [-0.39, 0.29) is 17.5 Å². The van der Waals surface area contributed by atoms with Crippen molar-refractivity contribution in [1.82, 2.24) is 0 Å². The maximum atomic E-state index is 11.6. The maximum Gasteiger partial charge on any atom is 0.309 e. The van der Waals surface area contributed by atoms with Gasteiger partial charge in [-0.15, -0.1) is 0 Å². The fourth-order valence-electron chi connectivity index (χ4n) is 1.79. The van der Waals surface area contributed by atoms with E-state index in [0.29, 0.717) is 0 Å². The van der Waals surface area contributed by atoms with Crippen LogP contribution in [0.3, 0.4) is 0 Å². The molecule has 2 heteroatoms. The number of esters is 1. The minimum absolute atomic E-state index is 0.00687. The third kappa shape index (κ3) is 2.37. The standard InChI is InChI=1S/C12H20O2/c1-4-10(3)11(13)14-12(5-2)8-6-7-9-12/h5,10H,2,4,6-9H2,1,3H3. The summed E-state index contributed by atoms with van der Waals surface area (Å²) in [5, 5.41) is 0. The van der Waals surface area contributed by atoms with Crippen molar-refractivity contribution in [3.63, 3.8) is 0 Å². The molecule has 1 fully saturated rings. The summed E-state index contributed by atoms with van der Waals surface area (Å²) in [4.78, 5) is 11.6. The summed E-state index contributed by atoms with van der Waals surface area (Å²) in [5.74, 6) is -0.0678. The van der Waals surface area contributed by atoms with Gasteiger partial charge in [0.05, 0.1) is 5.92 Å². The van der Waals surface area contributed by atoms with Gasteiger partial charge >= 0.3 is 5.97 Å². The summed E-state index contributed by atoms with van der Waals surface area (Å²) in [6, 6.07) is 0. The van der Waals surface area contributed by atoms with E-state index in [1.165, 1.54) is 0 Å². The fraction of sp³-hybridized carbons (Fsp3) is 0.750. The van der Waals surface area contributed by atoms with E-state index in [9.17, 15) is 4.79 Å². The molecule has 1 aliphatic rings. The Labute approximate surface area is 86.3 Å². The summed E-state index contributed by atoms with van der Waals surface area (Å²) in [7, 11) is 0. The smallest absolute Gasteiger partial charge is 0.309 e. The van der Waals surface area contributed by atoms with Crippen LogP contribution in [0.25, 0.3) is 0 Å². The van der Waals surface area contributed by atoms with E-state index in [4.69, 9.17) is 4.74 Å². The normalized spacial score (nSPS) is 21.6. The van der Waals surface area contributed by atoms with E-state index in [0.717, 1.165) is 32.1 Å². The molecule has 0 amide bonds. The van der Waals surface area contributed by atoms with Crippen LogP contribution in [0.5, 0.6) is 0 Å². The molecular weight excluding hydrogens is 176 g/mol. The predicted octanol–water partition coefficient (Wildman–Crippen LogP) is 3.07. The largest absolute Gasteiger partial charge is 0.455 e. The molecule has 1 rings (SSSR count). The van der Waals surface area contributed by atoms with Gasteiger partial charge in [0, 0.05) is 0 Å². The van der Waals surface area contributed by atoms with Crippen molar-refractivity contribution >= 4 is 5.97 Å². The Morgan fingerprint density at radius 1 is 1.57 bits per heavy atom. The van der Waals surface area contributed by atoms with E-state index < -0.39 is 0 Å². The molecule has 1 unspecified atom stereocenters. The summed E-state index contributed by atoms with van der Waals surface area (Å²) in [5.41, 5.74) is -0.347. The molecular formula is C12H20O2. The number of hydrogen-bond acceptors (Lipinski definition) is 2. The number of carbonyl (C=O) groups excluding carboxylic acids is 1. The molecule has 1 saturated carbocycles. The van der Waals surface area contributed by atoms with Gasteiger partial charge in [0.15, 0.2) is 0 Å². The van der Waals surface area contributed by atoms with Crippen LogP contribution in [0, 0.1) is 5.92 Å². The van der Waals surface area contributed by atoms with Gasteiger partial charge in [0.2, 0.25) is 0 Å². The van der Waals surface area contributed by atoms with Crippen LogP contribution in [-0.2, 0) is 9.53 Å². The van der Waals surface area contributed by atoms with Crippen molar-refractivity contribution in [3.05, 3.63) is 12.7 Å². The van der Waals surface area contributed by atoms with Gasteiger partial charge < -0.3 is 4.74 Å². The third-order valence-electron chi connectivity index (χ3n) is 3.14. The van der Waals surface area contributed by atoms with Crippen molar-refractivity contribution in [1.29, 1.82) is 0 Å². The summed E-state index contributed by atoms with van der Waals surface area (Å²) in [6.07, 6.45) is 6.81. The van der Waals surface area contributed by atoms with E-state index >= 15 is 0 Å². The highest BCUT2D eigenvalue weighted by molar-refractivity contribution is 5.72. The molecule has 14 heavy (non-hydrogen) atoms. The summed E-state index contributed by atoms with van der Waals surface area (Å²) < 4.78 is 5.54. The van der Waals surface area contributed by atoms with Crippen molar-refractivity contribution < 1.29 is 9.53 Å². The van der Waals surface area contributed by atoms with Gasteiger partial charge in [0.25, 0.3) is 0 Å². The molecule has 0 bridgehead atoms. The van der Waals surface area contributed by atoms with Crippen LogP contribution in [-0.4, -0.2) is 11.6 Å². The number of ether oxygens (including phenoxy) is 1. The highest BCUT2D eigenvalue weighted by Gasteiger charge is 2.35. The lowest BCUT2D eigenvalue weighted by Crippen LogP contribution is -2.31. The SMILES string of the molecule is C=CC1(OC(=O)C(C)CC)CCCC1. The summed E-state index contributed by atoms with van der Waals surface area (Å²) >= 11 is 0. The number of carbonyl (C=O) groups is 1. The average molecular weight is 196 g/mol. The van der Waals surface area contributed by atoms with Gasteiger partial charge in [-0.2, -0.15) is 0 Å². The van der Waals surface area contributed by atoms with Gasteiger partial charge in [-0.1, -0.05) is 20.4 Å². The van der Waals surface area contributed by atoms with Crippen LogP contribution in [0.1, 0.15) is 46.0 Å². The topological polar surface area (TPSA) is 26.3 Å². The Bertz CT molecular complexity index is 214. The molecule has 0 aromatic heterocycles. The lowest BCUT2D eigenvalue weighted by molar-refractivity contribution is -0.159. The monoisotopic (exact) mass is 196 g/mol. The maximum absolute atomic E-state index is 11.6. The first-order valence-electron chi connectivity index (χ1n) is 5.50. The Morgan fingerprint density at radius 2 is 2.14 bits per heavy atom. The molecule has 0 aliphatic heterocycles. The van der Waals surface area contributed by atoms with Crippen LogP contribution in [0.15, 0.2) is 12.7 Å². The molecule has 2 nitrogen and oxygen atoms in total. The highest BCUT2D eigenvalue weighted by atomic mass is 16.6. The van der Waals surface area contributed by atoms with Gasteiger partial charge in [-0.3, -0.25) is 4.79 Å². The molecule has 0 aromatic carbocycles. The van der Waals surface area contributed by atoms with Crippen LogP contribution < -0.4 is 0 Å². The third-order valence-corrected chi connectivity index (χ3v) is 3.14. The van der Waals surface area contributed by atoms with Crippen molar-refractivity contribution in [3.8, 4) is 0 Å². The van der Waals surface area contributed by atoms with Crippen molar-refractivity contribution in [2.75, 3.05) is 0 Å².